The van der Waals surface area contributed by atoms with Gasteiger partial charge in [-0.15, -0.1) is 0 Å². The van der Waals surface area contributed by atoms with Gasteiger partial charge in [0.15, 0.2) is 0 Å². The molecule has 6 heteroatoms. The van der Waals surface area contributed by atoms with Crippen LogP contribution in [0.5, 0.6) is 0 Å². The lowest BCUT2D eigenvalue weighted by atomic mass is 9.94. The van der Waals surface area contributed by atoms with Crippen molar-refractivity contribution in [2.75, 3.05) is 0 Å². The third-order valence-corrected chi connectivity index (χ3v) is 7.47. The molecule has 2 aromatic heterocycles. The van der Waals surface area contributed by atoms with Crippen LogP contribution in [0.15, 0.2) is 77.6 Å². The molecule has 1 amide bonds. The Kier molecular flexibility index (Phi) is 5.57. The highest BCUT2D eigenvalue weighted by Gasteiger charge is 2.29. The Morgan fingerprint density at radius 3 is 2.37 bits per heavy atom. The molecular formula is C29H26ClN3O2. The van der Waals surface area contributed by atoms with E-state index in [1.807, 2.05) is 60.7 Å². The number of aromatic nitrogens is 2. The Bertz CT molecular complexity index is 1610. The van der Waals surface area contributed by atoms with Crippen molar-refractivity contribution in [1.29, 1.82) is 0 Å². The second kappa shape index (κ2) is 8.90. The molecule has 2 N–H and O–H groups in total. The zero-order valence-electron chi connectivity index (χ0n) is 19.3. The summed E-state index contributed by atoms with van der Waals surface area (Å²) in [4.78, 5) is 31.3. The third-order valence-electron chi connectivity index (χ3n) is 7.22. The molecule has 1 unspecified atom stereocenters. The largest absolute Gasteiger partial charge is 0.351 e. The van der Waals surface area contributed by atoms with Crippen LogP contribution in [0.2, 0.25) is 5.02 Å². The van der Waals surface area contributed by atoms with Crippen LogP contribution in [0.1, 0.15) is 43.7 Å². The van der Waals surface area contributed by atoms with Crippen molar-refractivity contribution in [2.45, 2.75) is 44.2 Å². The number of halogens is 1. The maximum atomic E-state index is 14.1. The number of carbonyl (C=O) groups is 1. The summed E-state index contributed by atoms with van der Waals surface area (Å²) in [5.41, 5.74) is 2.65. The first-order chi connectivity index (χ1) is 17.1. The highest BCUT2D eigenvalue weighted by molar-refractivity contribution is 6.30. The number of H-pyrrole nitrogens is 1. The monoisotopic (exact) mass is 483 g/mol. The van der Waals surface area contributed by atoms with Gasteiger partial charge in [0.1, 0.15) is 11.6 Å². The third kappa shape index (κ3) is 3.80. The molecule has 3 aromatic carbocycles. The lowest BCUT2D eigenvalue weighted by molar-refractivity contribution is -0.124. The molecule has 1 saturated carbocycles. The van der Waals surface area contributed by atoms with Crippen molar-refractivity contribution in [1.82, 2.24) is 14.9 Å². The smallest absolute Gasteiger partial charge is 0.276 e. The van der Waals surface area contributed by atoms with Crippen LogP contribution >= 0.6 is 11.6 Å². The number of benzene rings is 3. The molecule has 5 aromatic rings. The summed E-state index contributed by atoms with van der Waals surface area (Å²) in [7, 11) is 0. The molecule has 2 heterocycles. The quantitative estimate of drug-likeness (QED) is 0.314. The van der Waals surface area contributed by atoms with Crippen molar-refractivity contribution in [3.63, 3.8) is 0 Å². The number of hydrogen-bond acceptors (Lipinski definition) is 2. The number of rotatable bonds is 4. The van der Waals surface area contributed by atoms with Crippen molar-refractivity contribution < 1.29 is 4.79 Å². The Morgan fingerprint density at radius 1 is 0.914 bits per heavy atom. The summed E-state index contributed by atoms with van der Waals surface area (Å²) in [6.07, 6.45) is 5.36. The molecule has 1 aliphatic rings. The summed E-state index contributed by atoms with van der Waals surface area (Å²) in [5, 5.41) is 6.66. The lowest BCUT2D eigenvalue weighted by Gasteiger charge is -2.27. The van der Waals surface area contributed by atoms with E-state index in [0.717, 1.165) is 58.4 Å². The van der Waals surface area contributed by atoms with E-state index in [1.54, 1.807) is 16.7 Å². The number of nitrogens with zero attached hydrogens (tertiary/aromatic N) is 1. The van der Waals surface area contributed by atoms with E-state index < -0.39 is 6.04 Å². The molecule has 0 saturated heterocycles. The first kappa shape index (κ1) is 21.9. The molecule has 0 spiro atoms. The number of pyridine rings is 1. The Hall–Kier alpha value is -3.57. The normalized spacial score (nSPS) is 15.6. The molecule has 176 valence electrons. The predicted molar refractivity (Wildman–Crippen MR) is 142 cm³/mol. The fourth-order valence-electron chi connectivity index (χ4n) is 5.55. The van der Waals surface area contributed by atoms with E-state index in [9.17, 15) is 9.59 Å². The van der Waals surface area contributed by atoms with Crippen molar-refractivity contribution in [2.24, 2.45) is 0 Å². The number of nitrogens with one attached hydrogen (secondary N) is 2. The summed E-state index contributed by atoms with van der Waals surface area (Å²) in [5.74, 6) is -0.165. The number of carbonyl (C=O) groups excluding carboxylic acids is 1. The van der Waals surface area contributed by atoms with Crippen LogP contribution in [0, 0.1) is 0 Å². The first-order valence-electron chi connectivity index (χ1n) is 12.2. The van der Waals surface area contributed by atoms with Gasteiger partial charge < -0.3 is 10.3 Å². The highest BCUT2D eigenvalue weighted by Crippen LogP contribution is 2.33. The molecular weight excluding hydrogens is 458 g/mol. The van der Waals surface area contributed by atoms with Gasteiger partial charge in [0.05, 0.1) is 5.52 Å². The maximum Gasteiger partial charge on any atom is 0.276 e. The topological polar surface area (TPSA) is 66.9 Å². The van der Waals surface area contributed by atoms with Gasteiger partial charge in [-0.05, 0) is 42.7 Å². The SMILES string of the molecule is O=C(NC1CCCCC1)C(c1ccc(Cl)cc1)n1c(=O)c2[nH]c3ccccc3c2c2ccccc21. The summed E-state index contributed by atoms with van der Waals surface area (Å²) >= 11 is 6.17. The highest BCUT2D eigenvalue weighted by atomic mass is 35.5. The summed E-state index contributed by atoms with van der Waals surface area (Å²) < 4.78 is 1.65. The second-order valence-corrected chi connectivity index (χ2v) is 9.85. The second-order valence-electron chi connectivity index (χ2n) is 9.41. The standard InChI is InChI=1S/C29H26ClN3O2/c30-19-16-14-18(15-17-19)27(28(34)31-20-8-2-1-3-9-20)33-24-13-7-5-11-22(24)25-21-10-4-6-12-23(21)32-26(25)29(33)35/h4-7,10-17,20,27,32H,1-3,8-9H2,(H,31,34). The number of hydrogen-bond donors (Lipinski definition) is 2. The van der Waals surface area contributed by atoms with Crippen LogP contribution in [0.25, 0.3) is 32.7 Å². The van der Waals surface area contributed by atoms with Crippen LogP contribution in [0.4, 0.5) is 0 Å². The van der Waals surface area contributed by atoms with Crippen LogP contribution in [-0.4, -0.2) is 21.5 Å². The molecule has 35 heavy (non-hydrogen) atoms. The fraction of sp³-hybridized carbons (Fsp3) is 0.241. The minimum absolute atomic E-state index is 0.129. The van der Waals surface area contributed by atoms with E-state index in [0.29, 0.717) is 10.5 Å². The molecule has 0 bridgehead atoms. The number of amides is 1. The Morgan fingerprint density at radius 2 is 1.60 bits per heavy atom. The van der Waals surface area contributed by atoms with E-state index in [4.69, 9.17) is 11.6 Å². The first-order valence-corrected chi connectivity index (χ1v) is 12.6. The van der Waals surface area contributed by atoms with Crippen LogP contribution in [0.3, 0.4) is 0 Å². The van der Waals surface area contributed by atoms with E-state index >= 15 is 0 Å². The van der Waals surface area contributed by atoms with Crippen LogP contribution in [-0.2, 0) is 4.79 Å². The van der Waals surface area contributed by atoms with E-state index in [-0.39, 0.29) is 17.5 Å². The van der Waals surface area contributed by atoms with Crippen LogP contribution < -0.4 is 10.9 Å². The number of aromatic amines is 1. The number of para-hydroxylation sites is 2. The minimum Gasteiger partial charge on any atom is -0.351 e. The van der Waals surface area contributed by atoms with Crippen molar-refractivity contribution in [3.8, 4) is 0 Å². The predicted octanol–water partition coefficient (Wildman–Crippen LogP) is 6.33. The zero-order valence-corrected chi connectivity index (χ0v) is 20.0. The van der Waals surface area contributed by atoms with Gasteiger partial charge in [0, 0.05) is 32.7 Å². The zero-order chi connectivity index (χ0) is 23.9. The van der Waals surface area contributed by atoms with E-state index in [1.165, 1.54) is 6.42 Å². The summed E-state index contributed by atoms with van der Waals surface area (Å²) in [6, 6.07) is 22.3. The van der Waals surface area contributed by atoms with Gasteiger partial charge in [-0.2, -0.15) is 0 Å². The van der Waals surface area contributed by atoms with Crippen molar-refractivity contribution in [3.05, 3.63) is 93.7 Å². The fourth-order valence-corrected chi connectivity index (χ4v) is 5.68. The Balaban J connectivity index is 1.62. The van der Waals surface area contributed by atoms with Gasteiger partial charge in [0.25, 0.3) is 5.56 Å². The summed E-state index contributed by atoms with van der Waals surface area (Å²) in [6.45, 7) is 0. The number of fused-ring (bicyclic) bond motifs is 5. The maximum absolute atomic E-state index is 14.1. The molecule has 5 nitrogen and oxygen atoms in total. The van der Waals surface area contributed by atoms with Gasteiger partial charge in [0.2, 0.25) is 5.91 Å². The minimum atomic E-state index is -0.817. The van der Waals surface area contributed by atoms with Gasteiger partial charge >= 0.3 is 0 Å². The molecule has 1 atom stereocenters. The molecule has 6 rings (SSSR count). The van der Waals surface area contributed by atoms with E-state index in [2.05, 4.69) is 10.3 Å². The van der Waals surface area contributed by atoms with Gasteiger partial charge in [-0.25, -0.2) is 0 Å². The average Bonchev–Trinajstić information content (AvgIpc) is 3.28. The Labute approximate surface area is 207 Å². The average molecular weight is 484 g/mol. The van der Waals surface area contributed by atoms with Gasteiger partial charge in [-0.3, -0.25) is 14.2 Å². The van der Waals surface area contributed by atoms with Crippen molar-refractivity contribution >= 4 is 50.2 Å². The molecule has 1 aliphatic carbocycles. The lowest BCUT2D eigenvalue weighted by Crippen LogP contribution is -2.43. The van der Waals surface area contributed by atoms with Gasteiger partial charge in [-0.1, -0.05) is 79.4 Å². The molecule has 1 fully saturated rings. The molecule has 0 aliphatic heterocycles. The molecule has 0 radical (unpaired) electrons.